The molecule has 0 aliphatic carbocycles. The molecule has 138 valence electrons. The fourth-order valence-electron chi connectivity index (χ4n) is 3.14. The van der Waals surface area contributed by atoms with Gasteiger partial charge in [-0.15, -0.1) is 0 Å². The third kappa shape index (κ3) is 3.89. The summed E-state index contributed by atoms with van der Waals surface area (Å²) in [5.41, 5.74) is 0.528. The van der Waals surface area contributed by atoms with E-state index in [1.165, 1.54) is 6.20 Å². The Labute approximate surface area is 149 Å². The van der Waals surface area contributed by atoms with Crippen LogP contribution in [-0.2, 0) is 11.3 Å². The predicted molar refractivity (Wildman–Crippen MR) is 90.4 cm³/mol. The van der Waals surface area contributed by atoms with E-state index < -0.39 is 12.6 Å². The first-order valence-corrected chi connectivity index (χ1v) is 8.51. The molecule has 1 aromatic heterocycles. The van der Waals surface area contributed by atoms with Gasteiger partial charge in [0.25, 0.3) is 5.91 Å². The van der Waals surface area contributed by atoms with E-state index in [9.17, 15) is 18.4 Å². The number of piperidine rings is 1. The van der Waals surface area contributed by atoms with Gasteiger partial charge in [-0.05, 0) is 31.4 Å². The van der Waals surface area contributed by atoms with E-state index in [-0.39, 0.29) is 24.2 Å². The number of hydrogen-bond donors (Lipinski definition) is 1. The van der Waals surface area contributed by atoms with E-state index in [0.29, 0.717) is 23.1 Å². The average Bonchev–Trinajstić information content (AvgIpc) is 3.15. The van der Waals surface area contributed by atoms with Crippen LogP contribution in [0.2, 0.25) is 0 Å². The number of hydrogen-bond acceptors (Lipinski definition) is 3. The van der Waals surface area contributed by atoms with Gasteiger partial charge >= 0.3 is 6.55 Å². The summed E-state index contributed by atoms with van der Waals surface area (Å²) in [7, 11) is 0. The number of rotatable bonds is 5. The number of likely N-dealkylation sites (tertiary alicyclic amines) is 1. The second-order valence-corrected chi connectivity index (χ2v) is 6.12. The van der Waals surface area contributed by atoms with Crippen molar-refractivity contribution >= 4 is 11.8 Å². The van der Waals surface area contributed by atoms with E-state index in [0.717, 1.165) is 19.0 Å². The molecule has 6 nitrogen and oxygen atoms in total. The van der Waals surface area contributed by atoms with Crippen LogP contribution in [0.4, 0.5) is 8.78 Å². The lowest BCUT2D eigenvalue weighted by atomic mass is 10.00. The van der Waals surface area contributed by atoms with Crippen LogP contribution in [0.15, 0.2) is 42.7 Å². The minimum atomic E-state index is -2.71. The highest BCUT2D eigenvalue weighted by Crippen LogP contribution is 2.20. The fourth-order valence-corrected chi connectivity index (χ4v) is 3.14. The van der Waals surface area contributed by atoms with E-state index in [1.807, 2.05) is 6.07 Å². The van der Waals surface area contributed by atoms with Crippen LogP contribution in [-0.4, -0.2) is 38.9 Å². The summed E-state index contributed by atoms with van der Waals surface area (Å²) in [6.07, 6.45) is 4.64. The van der Waals surface area contributed by atoms with Crippen LogP contribution in [0.5, 0.6) is 0 Å². The maximum Gasteiger partial charge on any atom is 0.319 e. The monoisotopic (exact) mass is 362 g/mol. The van der Waals surface area contributed by atoms with Gasteiger partial charge in [0.15, 0.2) is 0 Å². The van der Waals surface area contributed by atoms with Crippen LogP contribution < -0.4 is 5.32 Å². The van der Waals surface area contributed by atoms with Gasteiger partial charge in [0.05, 0.1) is 6.54 Å². The van der Waals surface area contributed by atoms with Crippen molar-refractivity contribution in [2.45, 2.75) is 38.4 Å². The smallest absolute Gasteiger partial charge is 0.319 e. The Morgan fingerprint density at radius 2 is 2.00 bits per heavy atom. The van der Waals surface area contributed by atoms with E-state index in [4.69, 9.17) is 0 Å². The van der Waals surface area contributed by atoms with Gasteiger partial charge in [-0.2, -0.15) is 8.78 Å². The largest absolute Gasteiger partial charge is 0.347 e. The Morgan fingerprint density at radius 3 is 2.73 bits per heavy atom. The number of carbonyl (C=O) groups excluding carboxylic acids is 2. The molecule has 0 spiro atoms. The first-order valence-electron chi connectivity index (χ1n) is 8.51. The number of carbonyl (C=O) groups is 2. The number of halogens is 2. The zero-order chi connectivity index (χ0) is 18.5. The molecule has 1 aliphatic heterocycles. The van der Waals surface area contributed by atoms with Crippen molar-refractivity contribution in [2.24, 2.45) is 0 Å². The zero-order valence-electron chi connectivity index (χ0n) is 14.1. The van der Waals surface area contributed by atoms with Gasteiger partial charge in [0, 0.05) is 24.5 Å². The molecule has 1 unspecified atom stereocenters. The summed E-state index contributed by atoms with van der Waals surface area (Å²) < 4.78 is 26.4. The van der Waals surface area contributed by atoms with Crippen molar-refractivity contribution < 1.29 is 18.4 Å². The molecule has 1 fully saturated rings. The van der Waals surface area contributed by atoms with Gasteiger partial charge < -0.3 is 10.2 Å². The van der Waals surface area contributed by atoms with Crippen molar-refractivity contribution in [3.8, 4) is 0 Å². The molecule has 3 rings (SSSR count). The molecule has 0 saturated carbocycles. The molecule has 2 amide bonds. The van der Waals surface area contributed by atoms with Crippen molar-refractivity contribution in [2.75, 3.05) is 6.54 Å². The third-order valence-electron chi connectivity index (χ3n) is 4.47. The lowest BCUT2D eigenvalue weighted by Gasteiger charge is -2.34. The maximum absolute atomic E-state index is 12.9. The molecule has 1 aliphatic rings. The summed E-state index contributed by atoms with van der Waals surface area (Å²) in [5.74, 6) is -0.470. The van der Waals surface area contributed by atoms with Gasteiger partial charge in [0.1, 0.15) is 11.9 Å². The molecule has 1 saturated heterocycles. The third-order valence-corrected chi connectivity index (χ3v) is 4.47. The van der Waals surface area contributed by atoms with Crippen LogP contribution >= 0.6 is 0 Å². The topological polar surface area (TPSA) is 67.2 Å². The minimum absolute atomic E-state index is 0.0742. The summed E-state index contributed by atoms with van der Waals surface area (Å²) >= 11 is 0. The fraction of sp³-hybridized carbons (Fsp3) is 0.389. The predicted octanol–water partition coefficient (Wildman–Crippen LogP) is 2.59. The summed E-state index contributed by atoms with van der Waals surface area (Å²) in [4.78, 5) is 30.7. The second-order valence-electron chi connectivity index (χ2n) is 6.12. The number of benzene rings is 1. The first-order chi connectivity index (χ1) is 12.6. The van der Waals surface area contributed by atoms with Gasteiger partial charge in [0.2, 0.25) is 5.91 Å². The number of alkyl halides is 2. The summed E-state index contributed by atoms with van der Waals surface area (Å²) in [5, 5.41) is 2.64. The molecule has 26 heavy (non-hydrogen) atoms. The Kier molecular flexibility index (Phi) is 5.60. The average molecular weight is 362 g/mol. The highest BCUT2D eigenvalue weighted by molar-refractivity contribution is 5.97. The number of nitrogens with zero attached hydrogens (tertiary/aromatic N) is 3. The molecular formula is C18H20F2N4O2. The normalized spacial score (nSPS) is 17.3. The molecule has 1 aromatic carbocycles. The SMILES string of the molecule is O=C(NCc1nccn1C(F)F)C1CCCCN1C(=O)c1ccccc1. The van der Waals surface area contributed by atoms with Gasteiger partial charge in [-0.25, -0.2) is 4.98 Å². The van der Waals surface area contributed by atoms with Crippen molar-refractivity contribution in [3.63, 3.8) is 0 Å². The van der Waals surface area contributed by atoms with E-state index >= 15 is 0 Å². The lowest BCUT2D eigenvalue weighted by Crippen LogP contribution is -2.51. The standard InChI is InChI=1S/C18H20F2N4O2/c19-18(20)24-11-9-21-15(24)12-22-16(25)14-8-4-5-10-23(14)17(26)13-6-2-1-3-7-13/h1-3,6-7,9,11,14,18H,4-5,8,10,12H2,(H,22,25). The highest BCUT2D eigenvalue weighted by Gasteiger charge is 2.32. The zero-order valence-corrected chi connectivity index (χ0v) is 14.1. The van der Waals surface area contributed by atoms with Crippen molar-refractivity contribution in [3.05, 3.63) is 54.1 Å². The number of amides is 2. The second kappa shape index (κ2) is 8.07. The molecule has 2 heterocycles. The molecule has 1 N–H and O–H groups in total. The van der Waals surface area contributed by atoms with Crippen molar-refractivity contribution in [1.82, 2.24) is 19.8 Å². The quantitative estimate of drug-likeness (QED) is 0.889. The number of imidazole rings is 1. The van der Waals surface area contributed by atoms with Crippen LogP contribution in [0, 0.1) is 0 Å². The molecule has 1 atom stereocenters. The molecule has 0 bridgehead atoms. The maximum atomic E-state index is 12.9. The number of nitrogens with one attached hydrogen (secondary N) is 1. The Balaban J connectivity index is 1.68. The first kappa shape index (κ1) is 18.0. The Bertz CT molecular complexity index is 764. The Morgan fingerprint density at radius 1 is 1.23 bits per heavy atom. The van der Waals surface area contributed by atoms with Gasteiger partial charge in [-0.3, -0.25) is 14.2 Å². The van der Waals surface area contributed by atoms with E-state index in [2.05, 4.69) is 10.3 Å². The molecule has 0 radical (unpaired) electrons. The summed E-state index contributed by atoms with van der Waals surface area (Å²) in [6, 6.07) is 8.19. The molecule has 8 heteroatoms. The van der Waals surface area contributed by atoms with Crippen LogP contribution in [0.3, 0.4) is 0 Å². The van der Waals surface area contributed by atoms with Crippen LogP contribution in [0.1, 0.15) is 42.0 Å². The van der Waals surface area contributed by atoms with Crippen molar-refractivity contribution in [1.29, 1.82) is 0 Å². The lowest BCUT2D eigenvalue weighted by molar-refractivity contribution is -0.126. The highest BCUT2D eigenvalue weighted by atomic mass is 19.3. The van der Waals surface area contributed by atoms with Gasteiger partial charge in [-0.1, -0.05) is 18.2 Å². The summed E-state index contributed by atoms with van der Waals surface area (Å²) in [6.45, 7) is -2.33. The Hall–Kier alpha value is -2.77. The van der Waals surface area contributed by atoms with Crippen LogP contribution in [0.25, 0.3) is 0 Å². The molecule has 2 aromatic rings. The number of aromatic nitrogens is 2. The molecular weight excluding hydrogens is 342 g/mol. The van der Waals surface area contributed by atoms with E-state index in [1.54, 1.807) is 29.2 Å². The minimum Gasteiger partial charge on any atom is -0.347 e.